The molecule has 0 spiro atoms. The molecule has 1 N–H and O–H groups in total. The molecule has 1 aromatic carbocycles. The Hall–Kier alpha value is -2.26. The number of anilines is 1. The van der Waals surface area contributed by atoms with E-state index in [2.05, 4.69) is 9.71 Å². The monoisotopic (exact) mass is 331 g/mol. The third-order valence-corrected chi connectivity index (χ3v) is 3.94. The topological polar surface area (TPSA) is 102 Å². The van der Waals surface area contributed by atoms with Crippen molar-refractivity contribution in [1.82, 2.24) is 4.98 Å². The van der Waals surface area contributed by atoms with E-state index in [-0.39, 0.29) is 11.0 Å². The predicted octanol–water partition coefficient (Wildman–Crippen LogP) is 2.58. The van der Waals surface area contributed by atoms with Crippen molar-refractivity contribution in [2.24, 2.45) is 0 Å². The number of nitrogens with zero attached hydrogens (tertiary/aromatic N) is 2. The standard InChI is InChI=1S/C11H7ClFN3O4S/c12-10-2-1-3-11(14-10)15-21(19,20)7-4-5-8(13)9(6-7)16(17)18/h1-6H,(H,14,15). The summed E-state index contributed by atoms with van der Waals surface area (Å²) in [7, 11) is -4.15. The zero-order chi connectivity index (χ0) is 15.6. The van der Waals surface area contributed by atoms with Crippen LogP contribution in [0.4, 0.5) is 15.9 Å². The maximum atomic E-state index is 13.2. The Morgan fingerprint density at radius 2 is 2.00 bits per heavy atom. The molecule has 0 bridgehead atoms. The second-order valence-electron chi connectivity index (χ2n) is 3.82. The van der Waals surface area contributed by atoms with Crippen molar-refractivity contribution in [1.29, 1.82) is 0 Å². The van der Waals surface area contributed by atoms with Crippen molar-refractivity contribution in [3.63, 3.8) is 0 Å². The highest BCUT2D eigenvalue weighted by atomic mass is 35.5. The number of halogens is 2. The number of nitro benzene ring substituents is 1. The van der Waals surface area contributed by atoms with Gasteiger partial charge in [-0.2, -0.15) is 4.39 Å². The molecule has 0 unspecified atom stereocenters. The van der Waals surface area contributed by atoms with E-state index in [1.807, 2.05) is 0 Å². The van der Waals surface area contributed by atoms with Gasteiger partial charge < -0.3 is 0 Å². The van der Waals surface area contributed by atoms with Crippen LogP contribution in [0.25, 0.3) is 0 Å². The maximum Gasteiger partial charge on any atom is 0.306 e. The lowest BCUT2D eigenvalue weighted by Crippen LogP contribution is -2.14. The van der Waals surface area contributed by atoms with Crippen LogP contribution >= 0.6 is 11.6 Å². The molecule has 7 nitrogen and oxygen atoms in total. The number of hydrogen-bond acceptors (Lipinski definition) is 5. The Labute approximate surface area is 123 Å². The number of aromatic nitrogens is 1. The molecule has 1 aromatic heterocycles. The van der Waals surface area contributed by atoms with Crippen molar-refractivity contribution < 1.29 is 17.7 Å². The first-order chi connectivity index (χ1) is 9.79. The first-order valence-electron chi connectivity index (χ1n) is 5.39. The molecule has 0 aliphatic carbocycles. The maximum absolute atomic E-state index is 13.2. The Balaban J connectivity index is 2.40. The second kappa shape index (κ2) is 5.62. The molecular weight excluding hydrogens is 325 g/mol. The van der Waals surface area contributed by atoms with Gasteiger partial charge in [-0.05, 0) is 24.3 Å². The summed E-state index contributed by atoms with van der Waals surface area (Å²) in [5, 5.41) is 10.7. The highest BCUT2D eigenvalue weighted by Crippen LogP contribution is 2.23. The average Bonchev–Trinajstić information content (AvgIpc) is 2.38. The van der Waals surface area contributed by atoms with E-state index in [1.165, 1.54) is 18.2 Å². The summed E-state index contributed by atoms with van der Waals surface area (Å²) in [6.45, 7) is 0. The van der Waals surface area contributed by atoms with E-state index in [1.54, 1.807) is 0 Å². The third kappa shape index (κ3) is 3.44. The molecule has 0 aliphatic rings. The summed E-state index contributed by atoms with van der Waals surface area (Å²) in [6.07, 6.45) is 0. The molecule has 21 heavy (non-hydrogen) atoms. The summed E-state index contributed by atoms with van der Waals surface area (Å²) in [5.41, 5.74) is -0.933. The van der Waals surface area contributed by atoms with Crippen LogP contribution in [0.2, 0.25) is 5.15 Å². The normalized spacial score (nSPS) is 11.1. The lowest BCUT2D eigenvalue weighted by atomic mass is 10.3. The van der Waals surface area contributed by atoms with Gasteiger partial charge in [0, 0.05) is 6.07 Å². The Morgan fingerprint density at radius 1 is 1.29 bits per heavy atom. The van der Waals surface area contributed by atoms with E-state index in [4.69, 9.17) is 11.6 Å². The van der Waals surface area contributed by atoms with Gasteiger partial charge in [-0.1, -0.05) is 17.7 Å². The van der Waals surface area contributed by atoms with Crippen LogP contribution < -0.4 is 4.72 Å². The molecule has 2 rings (SSSR count). The molecule has 0 atom stereocenters. The van der Waals surface area contributed by atoms with Crippen molar-refractivity contribution in [3.8, 4) is 0 Å². The first kappa shape index (κ1) is 15.1. The van der Waals surface area contributed by atoms with Crippen LogP contribution in [0.5, 0.6) is 0 Å². The molecule has 10 heteroatoms. The van der Waals surface area contributed by atoms with E-state index >= 15 is 0 Å². The number of nitrogens with one attached hydrogen (secondary N) is 1. The molecule has 0 fully saturated rings. The minimum absolute atomic E-state index is 0.0607. The van der Waals surface area contributed by atoms with E-state index in [9.17, 15) is 22.9 Å². The van der Waals surface area contributed by atoms with Crippen molar-refractivity contribution in [2.75, 3.05) is 4.72 Å². The van der Waals surface area contributed by atoms with E-state index in [0.29, 0.717) is 12.1 Å². The second-order valence-corrected chi connectivity index (χ2v) is 5.89. The van der Waals surface area contributed by atoms with Crippen LogP contribution in [0.15, 0.2) is 41.3 Å². The third-order valence-electron chi connectivity index (χ3n) is 2.38. The number of pyridine rings is 1. The summed E-state index contributed by atoms with van der Waals surface area (Å²) in [6, 6.07) is 6.51. The Morgan fingerprint density at radius 3 is 2.62 bits per heavy atom. The zero-order valence-electron chi connectivity index (χ0n) is 10.2. The molecule has 2 aromatic rings. The van der Waals surface area contributed by atoms with E-state index < -0.39 is 31.3 Å². The molecule has 0 radical (unpaired) electrons. The number of rotatable bonds is 4. The summed E-state index contributed by atoms with van der Waals surface area (Å²) in [4.78, 5) is 12.9. The highest BCUT2D eigenvalue weighted by molar-refractivity contribution is 7.92. The molecule has 0 aliphatic heterocycles. The molecule has 1 heterocycles. The van der Waals surface area contributed by atoms with Crippen molar-refractivity contribution in [3.05, 3.63) is 57.5 Å². The fourth-order valence-electron chi connectivity index (χ4n) is 1.46. The van der Waals surface area contributed by atoms with Crippen LogP contribution in [0.3, 0.4) is 0 Å². The average molecular weight is 332 g/mol. The smallest absolute Gasteiger partial charge is 0.263 e. The molecular formula is C11H7ClFN3O4S. The molecule has 0 amide bonds. The number of nitro groups is 1. The molecule has 0 saturated heterocycles. The number of hydrogen-bond donors (Lipinski definition) is 1. The summed E-state index contributed by atoms with van der Waals surface area (Å²) in [5.74, 6) is -1.19. The quantitative estimate of drug-likeness (QED) is 0.527. The van der Waals surface area contributed by atoms with Gasteiger partial charge in [0.05, 0.1) is 9.82 Å². The number of benzene rings is 1. The van der Waals surface area contributed by atoms with Crippen molar-refractivity contribution in [2.45, 2.75) is 4.90 Å². The Kier molecular flexibility index (Phi) is 4.05. The lowest BCUT2D eigenvalue weighted by molar-refractivity contribution is -0.387. The SMILES string of the molecule is O=[N+]([O-])c1cc(S(=O)(=O)Nc2cccc(Cl)n2)ccc1F. The zero-order valence-corrected chi connectivity index (χ0v) is 11.7. The van der Waals surface area contributed by atoms with Gasteiger partial charge in [-0.3, -0.25) is 14.8 Å². The number of sulfonamides is 1. The fraction of sp³-hybridized carbons (Fsp3) is 0. The van der Waals surface area contributed by atoms with Gasteiger partial charge in [0.15, 0.2) is 0 Å². The van der Waals surface area contributed by atoms with E-state index in [0.717, 1.165) is 6.07 Å². The minimum atomic E-state index is -4.15. The summed E-state index contributed by atoms with van der Waals surface area (Å²) >= 11 is 5.62. The fourth-order valence-corrected chi connectivity index (χ4v) is 2.65. The molecule has 0 saturated carbocycles. The van der Waals surface area contributed by atoms with Gasteiger partial charge in [-0.15, -0.1) is 0 Å². The van der Waals surface area contributed by atoms with Gasteiger partial charge in [0.1, 0.15) is 11.0 Å². The summed E-state index contributed by atoms with van der Waals surface area (Å²) < 4.78 is 39.4. The van der Waals surface area contributed by atoms with Gasteiger partial charge in [0.25, 0.3) is 10.0 Å². The van der Waals surface area contributed by atoms with Crippen LogP contribution in [-0.2, 0) is 10.0 Å². The highest BCUT2D eigenvalue weighted by Gasteiger charge is 2.22. The van der Waals surface area contributed by atoms with Crippen LogP contribution in [0.1, 0.15) is 0 Å². The predicted molar refractivity (Wildman–Crippen MR) is 73.1 cm³/mol. The largest absolute Gasteiger partial charge is 0.306 e. The van der Waals surface area contributed by atoms with Crippen molar-refractivity contribution >= 4 is 33.1 Å². The molecule has 110 valence electrons. The van der Waals surface area contributed by atoms with Gasteiger partial charge in [0.2, 0.25) is 5.82 Å². The lowest BCUT2D eigenvalue weighted by Gasteiger charge is -2.07. The van der Waals surface area contributed by atoms with Crippen LogP contribution in [-0.4, -0.2) is 18.3 Å². The van der Waals surface area contributed by atoms with Gasteiger partial charge in [-0.25, -0.2) is 13.4 Å². The first-order valence-corrected chi connectivity index (χ1v) is 7.25. The minimum Gasteiger partial charge on any atom is -0.263 e. The van der Waals surface area contributed by atoms with Crippen LogP contribution in [0, 0.1) is 15.9 Å². The van der Waals surface area contributed by atoms with Gasteiger partial charge >= 0.3 is 5.69 Å². The Bertz CT molecular complexity index is 813.